The van der Waals surface area contributed by atoms with E-state index in [1.807, 2.05) is 4.90 Å². The Balaban J connectivity index is 1.66. The van der Waals surface area contributed by atoms with Crippen molar-refractivity contribution in [3.63, 3.8) is 0 Å². The fraction of sp³-hybridized carbons (Fsp3) is 0.462. The van der Waals surface area contributed by atoms with Crippen LogP contribution >= 0.6 is 0 Å². The van der Waals surface area contributed by atoms with Crippen LogP contribution in [0.15, 0.2) is 42.5 Å². The summed E-state index contributed by atoms with van der Waals surface area (Å²) >= 11 is -1.09. The van der Waals surface area contributed by atoms with Gasteiger partial charge in [-0.15, -0.1) is 0 Å². The Labute approximate surface area is 231 Å². The molecule has 2 heterocycles. The molecule has 0 aliphatic carbocycles. The first-order valence-corrected chi connectivity index (χ1v) is 17.4. The van der Waals surface area contributed by atoms with Crippen LogP contribution in [0.25, 0.3) is 0 Å². The van der Waals surface area contributed by atoms with Crippen LogP contribution in [-0.4, -0.2) is 54.4 Å². The van der Waals surface area contributed by atoms with Crippen molar-refractivity contribution in [1.29, 1.82) is 0 Å². The van der Waals surface area contributed by atoms with Gasteiger partial charge >= 0.3 is 199 Å². The zero-order chi connectivity index (χ0) is 29.2. The normalized spacial score (nSPS) is 19.8. The molecule has 218 valence electrons. The molecule has 0 radical (unpaired) electrons. The van der Waals surface area contributed by atoms with E-state index in [9.17, 15) is 30.7 Å². The minimum absolute atomic E-state index is 0.0754. The maximum absolute atomic E-state index is 13.7. The molecule has 3 aromatic rings. The third kappa shape index (κ3) is 7.43. The van der Waals surface area contributed by atoms with Crippen molar-refractivity contribution < 1.29 is 40.2 Å². The average molecular weight is 636 g/mol. The van der Waals surface area contributed by atoms with E-state index in [2.05, 4.69) is 26.8 Å². The second-order valence-electron chi connectivity index (χ2n) is 9.78. The molecule has 40 heavy (non-hydrogen) atoms. The van der Waals surface area contributed by atoms with Gasteiger partial charge in [0.05, 0.1) is 0 Å². The Morgan fingerprint density at radius 3 is 2.17 bits per heavy atom. The molecule has 2 aromatic carbocycles. The summed E-state index contributed by atoms with van der Waals surface area (Å²) in [7, 11) is 0. The molecule has 14 heteroatoms. The molecule has 0 unspecified atom stereocenters. The van der Waals surface area contributed by atoms with Crippen LogP contribution < -0.4 is 0 Å². The summed E-state index contributed by atoms with van der Waals surface area (Å²) < 4.78 is 106. The number of morpholine rings is 1. The van der Waals surface area contributed by atoms with E-state index in [4.69, 9.17) is 9.47 Å². The minimum atomic E-state index is -4.99. The van der Waals surface area contributed by atoms with Crippen LogP contribution in [0.5, 0.6) is 0 Å². The number of halogens is 7. The predicted octanol–water partition coefficient (Wildman–Crippen LogP) is 6.49. The first kappa shape index (κ1) is 30.5. The van der Waals surface area contributed by atoms with Gasteiger partial charge in [0.25, 0.3) is 0 Å². The summed E-state index contributed by atoms with van der Waals surface area (Å²) in [6, 6.07) is 6.31. The summed E-state index contributed by atoms with van der Waals surface area (Å²) in [5, 5.41) is 12.0. The molecular weight excluding hydrogens is 608 g/mol. The van der Waals surface area contributed by atoms with E-state index >= 15 is 0 Å². The van der Waals surface area contributed by atoms with Gasteiger partial charge in [-0.05, 0) is 6.07 Å². The Morgan fingerprint density at radius 2 is 1.60 bits per heavy atom. The Morgan fingerprint density at radius 1 is 1.00 bits per heavy atom. The fourth-order valence-electron chi connectivity index (χ4n) is 4.52. The number of nitrogens with zero attached hydrogens (tertiary/aromatic N) is 3. The number of H-pyrrole nitrogens is 1. The number of nitrogens with one attached hydrogen (secondary N) is 1. The quantitative estimate of drug-likeness (QED) is 0.226. The molecule has 1 N–H and O–H groups in total. The van der Waals surface area contributed by atoms with Crippen LogP contribution in [0.1, 0.15) is 52.7 Å². The van der Waals surface area contributed by atoms with Crippen LogP contribution in [0.2, 0.25) is 11.4 Å². The van der Waals surface area contributed by atoms with Gasteiger partial charge in [0.15, 0.2) is 0 Å². The number of aromatic nitrogens is 3. The first-order chi connectivity index (χ1) is 18.7. The molecule has 4 rings (SSSR count). The summed E-state index contributed by atoms with van der Waals surface area (Å²) in [5.41, 5.74) is 3.36. The van der Waals surface area contributed by atoms with Gasteiger partial charge in [0.1, 0.15) is 0 Å². The van der Waals surface area contributed by atoms with Gasteiger partial charge in [-0.2, -0.15) is 26.3 Å². The third-order valence-electron chi connectivity index (χ3n) is 6.46. The van der Waals surface area contributed by atoms with Crippen LogP contribution in [0, 0.1) is 5.82 Å². The SMILES string of the molecule is C[C@@H](O[C@H]1OCCN(Cc2n[nH]nc2C[As](C)C)[C@H]1c1ccc(F)cc1)c1cc(C(F)(F)F)cc(C(F)(F)F)c1. The van der Waals surface area contributed by atoms with Crippen molar-refractivity contribution in [1.82, 2.24) is 20.3 Å². The van der Waals surface area contributed by atoms with E-state index in [0.29, 0.717) is 30.8 Å². The third-order valence-corrected chi connectivity index (χ3v) is 8.42. The van der Waals surface area contributed by atoms with Crippen molar-refractivity contribution in [2.75, 3.05) is 13.2 Å². The molecule has 1 aliphatic rings. The molecule has 1 fully saturated rings. The van der Waals surface area contributed by atoms with E-state index in [1.165, 1.54) is 19.1 Å². The number of alkyl halides is 6. The maximum atomic E-state index is 13.7. The zero-order valence-electron chi connectivity index (χ0n) is 21.9. The molecule has 6 nitrogen and oxygen atoms in total. The van der Waals surface area contributed by atoms with Gasteiger partial charge < -0.3 is 0 Å². The monoisotopic (exact) mass is 636 g/mol. The van der Waals surface area contributed by atoms with E-state index in [1.54, 1.807) is 12.1 Å². The average Bonchev–Trinajstić information content (AvgIpc) is 3.29. The van der Waals surface area contributed by atoms with Gasteiger partial charge in [-0.1, -0.05) is 0 Å². The van der Waals surface area contributed by atoms with Crippen LogP contribution in [-0.2, 0) is 33.6 Å². The van der Waals surface area contributed by atoms with Gasteiger partial charge in [-0.3, -0.25) is 0 Å². The van der Waals surface area contributed by atoms with Crippen LogP contribution in [0.4, 0.5) is 30.7 Å². The number of aromatic amines is 1. The van der Waals surface area contributed by atoms with Crippen molar-refractivity contribution in [2.24, 2.45) is 0 Å². The van der Waals surface area contributed by atoms with E-state index in [-0.39, 0.29) is 18.2 Å². The van der Waals surface area contributed by atoms with E-state index < -0.39 is 62.4 Å². The Hall–Kier alpha value is -2.47. The Bertz CT molecular complexity index is 1250. The van der Waals surface area contributed by atoms with Gasteiger partial charge in [0.2, 0.25) is 0 Å². The fourth-order valence-corrected chi connectivity index (χ4v) is 6.31. The molecule has 3 atom stereocenters. The first-order valence-electron chi connectivity index (χ1n) is 12.3. The second kappa shape index (κ2) is 12.2. The molecule has 0 spiro atoms. The summed E-state index contributed by atoms with van der Waals surface area (Å²) in [5.74, 6) is -0.470. The summed E-state index contributed by atoms with van der Waals surface area (Å²) in [4.78, 5) is 1.98. The molecule has 0 amide bonds. The number of benzene rings is 2. The number of hydrogen-bond acceptors (Lipinski definition) is 5. The van der Waals surface area contributed by atoms with Crippen molar-refractivity contribution >= 4 is 14.7 Å². The molecule has 1 aliphatic heterocycles. The van der Waals surface area contributed by atoms with Crippen LogP contribution in [0.3, 0.4) is 0 Å². The van der Waals surface area contributed by atoms with Gasteiger partial charge in [-0.25, -0.2) is 0 Å². The molecule has 1 saturated heterocycles. The number of hydrogen-bond donors (Lipinski definition) is 1. The standard InChI is InChI=1S/C26H28AsF7N4O2/c1-15(17-10-18(25(29,30)31)12-19(11-17)26(32,33)34)40-24-23(16-4-6-20(28)7-5-16)38(8-9-39-24)14-22-21(13-27(2)3)35-37-36-22/h4-7,10-12,15,23-24H,8-9,13-14H2,1-3H3,(H,35,36,37)/t15-,23+,24-/m1/s1. The van der Waals surface area contributed by atoms with E-state index in [0.717, 1.165) is 16.6 Å². The Kier molecular flexibility index (Phi) is 9.28. The summed E-state index contributed by atoms with van der Waals surface area (Å²) in [6.07, 6.45) is -12.3. The topological polar surface area (TPSA) is 63.3 Å². The summed E-state index contributed by atoms with van der Waals surface area (Å²) in [6.45, 7) is 2.29. The van der Waals surface area contributed by atoms with Crippen molar-refractivity contribution in [2.45, 2.75) is 60.9 Å². The van der Waals surface area contributed by atoms with Crippen molar-refractivity contribution in [3.8, 4) is 0 Å². The molecule has 0 bridgehead atoms. The van der Waals surface area contributed by atoms with Gasteiger partial charge in [0, 0.05) is 0 Å². The molecule has 0 saturated carbocycles. The predicted molar refractivity (Wildman–Crippen MR) is 133 cm³/mol. The number of rotatable bonds is 8. The zero-order valence-corrected chi connectivity index (χ0v) is 23.7. The molecule has 1 aromatic heterocycles. The number of ether oxygens (including phenoxy) is 2. The van der Waals surface area contributed by atoms with Crippen molar-refractivity contribution in [3.05, 3.63) is 81.9 Å². The molecular formula is C26H28AsF7N4O2. The second-order valence-corrected chi connectivity index (χ2v) is 15.0.